The van der Waals surface area contributed by atoms with Gasteiger partial charge in [0.05, 0.1) is 19.7 Å². The summed E-state index contributed by atoms with van der Waals surface area (Å²) in [5, 5.41) is 0. The summed E-state index contributed by atoms with van der Waals surface area (Å²) in [6.07, 6.45) is 8.06. The third-order valence-electron chi connectivity index (χ3n) is 5.18. The lowest BCUT2D eigenvalue weighted by atomic mass is 9.79. The quantitative estimate of drug-likeness (QED) is 0.827. The van der Waals surface area contributed by atoms with Gasteiger partial charge in [-0.3, -0.25) is 9.78 Å². The molecule has 2 saturated heterocycles. The van der Waals surface area contributed by atoms with Crippen LogP contribution in [0.3, 0.4) is 0 Å². The van der Waals surface area contributed by atoms with Gasteiger partial charge in [0.25, 0.3) is 5.91 Å². The molecule has 6 nitrogen and oxygen atoms in total. The first-order valence-electron chi connectivity index (χ1n) is 9.11. The molecule has 4 rings (SSSR count). The highest BCUT2D eigenvalue weighted by Gasteiger charge is 2.49. The Morgan fingerprint density at radius 3 is 2.85 bits per heavy atom. The summed E-state index contributed by atoms with van der Waals surface area (Å²) in [5.74, 6) is 1.29. The fourth-order valence-corrected chi connectivity index (χ4v) is 3.83. The number of ether oxygens (including phenoxy) is 2. The molecule has 0 bridgehead atoms. The molecular weight excluding hydrogens is 330 g/mol. The van der Waals surface area contributed by atoms with Crippen molar-refractivity contribution < 1.29 is 14.3 Å². The summed E-state index contributed by atoms with van der Waals surface area (Å²) in [6.45, 7) is 2.76. The van der Waals surface area contributed by atoms with Crippen LogP contribution in [-0.4, -0.2) is 52.7 Å². The molecule has 2 fully saturated rings. The molecule has 0 unspecified atom stereocenters. The fourth-order valence-electron chi connectivity index (χ4n) is 3.83. The van der Waals surface area contributed by atoms with Crippen molar-refractivity contribution in [2.24, 2.45) is 5.92 Å². The number of likely N-dealkylation sites (tertiary alicyclic amines) is 1. The number of amides is 1. The van der Waals surface area contributed by atoms with E-state index in [9.17, 15) is 4.79 Å². The van der Waals surface area contributed by atoms with Crippen LogP contribution in [0, 0.1) is 5.92 Å². The van der Waals surface area contributed by atoms with Crippen molar-refractivity contribution in [2.75, 3.05) is 26.3 Å². The lowest BCUT2D eigenvalue weighted by molar-refractivity contribution is -0.166. The number of pyridine rings is 2. The van der Waals surface area contributed by atoms with Gasteiger partial charge in [-0.1, -0.05) is 6.07 Å². The van der Waals surface area contributed by atoms with Crippen LogP contribution in [-0.2, 0) is 4.74 Å². The van der Waals surface area contributed by atoms with Crippen LogP contribution in [0.1, 0.15) is 29.6 Å². The average Bonchev–Trinajstić information content (AvgIpc) is 2.67. The van der Waals surface area contributed by atoms with E-state index in [0.29, 0.717) is 37.1 Å². The third-order valence-corrected chi connectivity index (χ3v) is 5.18. The second-order valence-electron chi connectivity index (χ2n) is 7.09. The van der Waals surface area contributed by atoms with Gasteiger partial charge in [0.2, 0.25) is 5.88 Å². The number of nitrogens with zero attached hydrogens (tertiary/aromatic N) is 3. The summed E-state index contributed by atoms with van der Waals surface area (Å²) >= 11 is 0. The average molecular weight is 353 g/mol. The monoisotopic (exact) mass is 353 g/mol. The molecule has 0 saturated carbocycles. The minimum Gasteiger partial charge on any atom is -0.478 e. The lowest BCUT2D eigenvalue weighted by Crippen LogP contribution is -2.66. The van der Waals surface area contributed by atoms with Crippen LogP contribution >= 0.6 is 0 Å². The summed E-state index contributed by atoms with van der Waals surface area (Å²) in [6, 6.07) is 9.19. The highest BCUT2D eigenvalue weighted by Crippen LogP contribution is 2.38. The third kappa shape index (κ3) is 3.70. The van der Waals surface area contributed by atoms with E-state index in [1.807, 2.05) is 23.1 Å². The second kappa shape index (κ2) is 7.41. The summed E-state index contributed by atoms with van der Waals surface area (Å²) in [7, 11) is 0. The predicted octanol–water partition coefficient (Wildman–Crippen LogP) is 2.57. The van der Waals surface area contributed by atoms with Crippen molar-refractivity contribution in [2.45, 2.75) is 24.9 Å². The first kappa shape index (κ1) is 17.0. The van der Waals surface area contributed by atoms with Crippen LogP contribution in [0.15, 0.2) is 48.9 Å². The summed E-state index contributed by atoms with van der Waals surface area (Å²) in [4.78, 5) is 22.5. The molecule has 2 aliphatic heterocycles. The highest BCUT2D eigenvalue weighted by molar-refractivity contribution is 5.94. The Bertz CT molecular complexity index is 732. The minimum absolute atomic E-state index is 0.0576. The van der Waals surface area contributed by atoms with Crippen LogP contribution in [0.25, 0.3) is 0 Å². The smallest absolute Gasteiger partial charge is 0.254 e. The summed E-state index contributed by atoms with van der Waals surface area (Å²) in [5.41, 5.74) is 0.516. The van der Waals surface area contributed by atoms with Crippen LogP contribution in [0.5, 0.6) is 5.88 Å². The number of rotatable bonds is 5. The van der Waals surface area contributed by atoms with Gasteiger partial charge in [-0.15, -0.1) is 0 Å². The van der Waals surface area contributed by atoms with Crippen LogP contribution in [0.4, 0.5) is 0 Å². The molecule has 0 aromatic carbocycles. The molecule has 2 aliphatic rings. The Hall–Kier alpha value is -2.47. The van der Waals surface area contributed by atoms with Gasteiger partial charge in [-0.25, -0.2) is 4.98 Å². The van der Waals surface area contributed by atoms with E-state index in [-0.39, 0.29) is 11.5 Å². The molecule has 2 aromatic rings. The molecule has 2 aromatic heterocycles. The standard InChI is InChI=1S/C20H23N3O3/c24-19(17-4-9-21-10-5-17)23-14-20(15-23)13-16(7-12-26-20)6-11-25-18-3-1-2-8-22-18/h1-5,8-10,16H,6-7,11-15H2/t16-/m1/s1. The van der Waals surface area contributed by atoms with Crippen molar-refractivity contribution >= 4 is 5.91 Å². The van der Waals surface area contributed by atoms with E-state index in [2.05, 4.69) is 9.97 Å². The molecule has 1 amide bonds. The maximum absolute atomic E-state index is 12.5. The topological polar surface area (TPSA) is 64.6 Å². The summed E-state index contributed by atoms with van der Waals surface area (Å²) < 4.78 is 11.8. The predicted molar refractivity (Wildman–Crippen MR) is 95.9 cm³/mol. The molecule has 0 aliphatic carbocycles. The Balaban J connectivity index is 1.26. The Labute approximate surface area is 153 Å². The minimum atomic E-state index is -0.170. The number of carbonyl (C=O) groups is 1. The molecule has 136 valence electrons. The van der Waals surface area contributed by atoms with E-state index < -0.39 is 0 Å². The fraction of sp³-hybridized carbons (Fsp3) is 0.450. The van der Waals surface area contributed by atoms with E-state index in [1.165, 1.54) is 0 Å². The number of hydrogen-bond donors (Lipinski definition) is 0. The van der Waals surface area contributed by atoms with Crippen LogP contribution in [0.2, 0.25) is 0 Å². The van der Waals surface area contributed by atoms with Gasteiger partial charge in [-0.05, 0) is 43.4 Å². The number of aromatic nitrogens is 2. The molecular formula is C20H23N3O3. The van der Waals surface area contributed by atoms with Crippen molar-refractivity contribution in [3.05, 3.63) is 54.5 Å². The molecule has 1 spiro atoms. The molecule has 4 heterocycles. The van der Waals surface area contributed by atoms with E-state index >= 15 is 0 Å². The highest BCUT2D eigenvalue weighted by atomic mass is 16.5. The van der Waals surface area contributed by atoms with Crippen molar-refractivity contribution in [3.8, 4) is 5.88 Å². The van der Waals surface area contributed by atoms with Gasteiger partial charge in [0.15, 0.2) is 0 Å². The second-order valence-corrected chi connectivity index (χ2v) is 7.09. The van der Waals surface area contributed by atoms with Crippen molar-refractivity contribution in [3.63, 3.8) is 0 Å². The van der Waals surface area contributed by atoms with Gasteiger partial charge in [0, 0.05) is 36.8 Å². The zero-order valence-corrected chi connectivity index (χ0v) is 14.7. The number of hydrogen-bond acceptors (Lipinski definition) is 5. The van der Waals surface area contributed by atoms with E-state index in [4.69, 9.17) is 9.47 Å². The zero-order chi connectivity index (χ0) is 17.8. The van der Waals surface area contributed by atoms with Gasteiger partial charge in [-0.2, -0.15) is 0 Å². The number of carbonyl (C=O) groups excluding carboxylic acids is 1. The zero-order valence-electron chi connectivity index (χ0n) is 14.7. The maximum atomic E-state index is 12.5. The molecule has 26 heavy (non-hydrogen) atoms. The van der Waals surface area contributed by atoms with Gasteiger partial charge in [0.1, 0.15) is 5.60 Å². The Morgan fingerprint density at radius 1 is 1.23 bits per heavy atom. The maximum Gasteiger partial charge on any atom is 0.254 e. The molecule has 0 N–H and O–H groups in total. The van der Waals surface area contributed by atoms with Crippen molar-refractivity contribution in [1.29, 1.82) is 0 Å². The van der Waals surface area contributed by atoms with Gasteiger partial charge < -0.3 is 14.4 Å². The molecule has 6 heteroatoms. The molecule has 0 radical (unpaired) electrons. The van der Waals surface area contributed by atoms with E-state index in [1.54, 1.807) is 30.7 Å². The normalized spacial score (nSPS) is 21.2. The first-order valence-corrected chi connectivity index (χ1v) is 9.11. The first-order chi connectivity index (χ1) is 12.7. The van der Waals surface area contributed by atoms with Crippen molar-refractivity contribution in [1.82, 2.24) is 14.9 Å². The van der Waals surface area contributed by atoms with Crippen LogP contribution < -0.4 is 4.74 Å². The Kier molecular flexibility index (Phi) is 4.84. The Morgan fingerprint density at radius 2 is 2.08 bits per heavy atom. The SMILES string of the molecule is O=C(c1ccncc1)N1CC2(C[C@H](CCOc3ccccn3)CCO2)C1. The van der Waals surface area contributed by atoms with Gasteiger partial charge >= 0.3 is 0 Å². The molecule has 1 atom stereocenters. The van der Waals surface area contributed by atoms with E-state index in [0.717, 1.165) is 25.9 Å². The lowest BCUT2D eigenvalue weighted by Gasteiger charge is -2.53. The largest absolute Gasteiger partial charge is 0.478 e.